The molecule has 0 atom stereocenters. The fraction of sp³-hybridized carbons (Fsp3) is 0.148. The fourth-order valence-electron chi connectivity index (χ4n) is 3.54. The molecule has 0 N–H and O–H groups in total. The summed E-state index contributed by atoms with van der Waals surface area (Å²) in [5.74, 6) is 0.679. The maximum atomic E-state index is 13.0. The van der Waals surface area contributed by atoms with Gasteiger partial charge in [-0.05, 0) is 87.7 Å². The Morgan fingerprint density at radius 2 is 1.81 bits per heavy atom. The molecular formula is C27H20Br2N2O4S. The van der Waals surface area contributed by atoms with Gasteiger partial charge in [-0.15, -0.1) is 0 Å². The zero-order valence-electron chi connectivity index (χ0n) is 19.2. The average Bonchev–Trinajstić information content (AvgIpc) is 3.12. The molecule has 0 bridgehead atoms. The van der Waals surface area contributed by atoms with Crippen molar-refractivity contribution in [1.29, 1.82) is 5.26 Å². The van der Waals surface area contributed by atoms with Crippen LogP contribution in [0.4, 0.5) is 4.79 Å². The minimum absolute atomic E-state index is 0.0441. The molecular weight excluding hydrogens is 608 g/mol. The number of rotatable bonds is 8. The number of imide groups is 1. The molecule has 0 aliphatic carbocycles. The van der Waals surface area contributed by atoms with Crippen LogP contribution in [0.3, 0.4) is 0 Å². The first kappa shape index (κ1) is 26.0. The maximum absolute atomic E-state index is 13.0. The summed E-state index contributed by atoms with van der Waals surface area (Å²) in [6, 6.07) is 20.5. The van der Waals surface area contributed by atoms with E-state index >= 15 is 0 Å². The first-order valence-electron chi connectivity index (χ1n) is 11.0. The molecule has 0 aromatic heterocycles. The van der Waals surface area contributed by atoms with Gasteiger partial charge in [0, 0.05) is 4.47 Å². The molecule has 1 fully saturated rings. The largest absolute Gasteiger partial charge is 0.490 e. The van der Waals surface area contributed by atoms with E-state index in [4.69, 9.17) is 9.47 Å². The first-order valence-corrected chi connectivity index (χ1v) is 13.4. The van der Waals surface area contributed by atoms with E-state index in [2.05, 4.69) is 37.9 Å². The van der Waals surface area contributed by atoms with Crippen molar-refractivity contribution in [2.24, 2.45) is 0 Å². The molecule has 9 heteroatoms. The average molecular weight is 628 g/mol. The summed E-state index contributed by atoms with van der Waals surface area (Å²) in [4.78, 5) is 27.1. The van der Waals surface area contributed by atoms with E-state index in [1.807, 2.05) is 37.3 Å². The van der Waals surface area contributed by atoms with E-state index in [1.165, 1.54) is 0 Å². The molecule has 0 radical (unpaired) electrons. The summed E-state index contributed by atoms with van der Waals surface area (Å²) in [6.07, 6.45) is 1.66. The molecule has 1 aliphatic heterocycles. The predicted molar refractivity (Wildman–Crippen MR) is 146 cm³/mol. The number of carbonyl (C=O) groups is 2. The van der Waals surface area contributed by atoms with Gasteiger partial charge in [-0.3, -0.25) is 14.5 Å². The number of ether oxygens (including phenoxy) is 2. The van der Waals surface area contributed by atoms with Crippen molar-refractivity contribution < 1.29 is 19.1 Å². The lowest BCUT2D eigenvalue weighted by Gasteiger charge is -2.15. The van der Waals surface area contributed by atoms with E-state index in [1.54, 1.807) is 36.4 Å². The van der Waals surface area contributed by atoms with Crippen molar-refractivity contribution in [1.82, 2.24) is 4.90 Å². The van der Waals surface area contributed by atoms with Crippen LogP contribution in [0.15, 0.2) is 74.5 Å². The van der Waals surface area contributed by atoms with E-state index < -0.39 is 5.91 Å². The Bertz CT molecular complexity index is 1380. The quantitative estimate of drug-likeness (QED) is 0.244. The summed E-state index contributed by atoms with van der Waals surface area (Å²) < 4.78 is 13.5. The zero-order valence-corrected chi connectivity index (χ0v) is 23.2. The highest BCUT2D eigenvalue weighted by Crippen LogP contribution is 2.40. The Labute approximate surface area is 230 Å². The van der Waals surface area contributed by atoms with Gasteiger partial charge in [0.15, 0.2) is 11.5 Å². The maximum Gasteiger partial charge on any atom is 0.293 e. The lowest BCUT2D eigenvalue weighted by Crippen LogP contribution is -2.27. The molecule has 6 nitrogen and oxygen atoms in total. The van der Waals surface area contributed by atoms with Crippen molar-refractivity contribution >= 4 is 60.8 Å². The Morgan fingerprint density at radius 3 is 2.53 bits per heavy atom. The standard InChI is InChI=1S/C27H20Br2N2O4S/c1-2-34-23-12-18(11-22(29)25(23)35-16-17-7-9-21(28)10-8-17)13-24-26(32)31(27(33)36-24)15-20-6-4-3-5-19(20)14-30/h3-13H,2,15-16H2,1H3/b24-13+. The highest BCUT2D eigenvalue weighted by atomic mass is 79.9. The topological polar surface area (TPSA) is 79.6 Å². The summed E-state index contributed by atoms with van der Waals surface area (Å²) in [7, 11) is 0. The number of hydrogen-bond acceptors (Lipinski definition) is 6. The summed E-state index contributed by atoms with van der Waals surface area (Å²) >= 11 is 7.86. The Morgan fingerprint density at radius 1 is 1.06 bits per heavy atom. The van der Waals surface area contributed by atoms with Gasteiger partial charge in [-0.25, -0.2) is 0 Å². The Kier molecular flexibility index (Phi) is 8.52. The number of amides is 2. The van der Waals surface area contributed by atoms with Crippen molar-refractivity contribution in [2.45, 2.75) is 20.1 Å². The number of thioether (sulfide) groups is 1. The summed E-state index contributed by atoms with van der Waals surface area (Å²) in [5.41, 5.74) is 2.74. The Hall–Kier alpha value is -3.06. The zero-order chi connectivity index (χ0) is 25.7. The van der Waals surface area contributed by atoms with Crippen LogP contribution in [0.2, 0.25) is 0 Å². The number of carbonyl (C=O) groups excluding carboxylic acids is 2. The number of benzene rings is 3. The van der Waals surface area contributed by atoms with Crippen LogP contribution in [-0.2, 0) is 17.9 Å². The summed E-state index contributed by atoms with van der Waals surface area (Å²) in [6.45, 7) is 2.71. The van der Waals surface area contributed by atoms with Crippen LogP contribution in [0.1, 0.15) is 29.2 Å². The van der Waals surface area contributed by atoms with Gasteiger partial charge in [-0.1, -0.05) is 46.3 Å². The summed E-state index contributed by atoms with van der Waals surface area (Å²) in [5, 5.41) is 8.94. The van der Waals surface area contributed by atoms with Crippen molar-refractivity contribution in [3.05, 3.63) is 96.8 Å². The molecule has 4 rings (SSSR count). The highest BCUT2D eigenvalue weighted by Gasteiger charge is 2.35. The second-order valence-electron chi connectivity index (χ2n) is 7.71. The smallest absolute Gasteiger partial charge is 0.293 e. The normalized spacial score (nSPS) is 14.3. The SMILES string of the molecule is CCOc1cc(/C=C2/SC(=O)N(Cc3ccccc3C#N)C2=O)cc(Br)c1OCc1ccc(Br)cc1. The lowest BCUT2D eigenvalue weighted by molar-refractivity contribution is -0.123. The minimum Gasteiger partial charge on any atom is -0.490 e. The second-order valence-corrected chi connectivity index (χ2v) is 10.5. The molecule has 3 aromatic rings. The molecule has 182 valence electrons. The molecule has 3 aromatic carbocycles. The van der Waals surface area contributed by atoms with Crippen LogP contribution in [0, 0.1) is 11.3 Å². The third-order valence-electron chi connectivity index (χ3n) is 5.27. The van der Waals surface area contributed by atoms with Gasteiger partial charge in [-0.2, -0.15) is 5.26 Å². The molecule has 0 spiro atoms. The molecule has 0 saturated carbocycles. The van der Waals surface area contributed by atoms with Crippen molar-refractivity contribution in [2.75, 3.05) is 6.61 Å². The molecule has 2 amide bonds. The van der Waals surface area contributed by atoms with Gasteiger partial charge in [0.05, 0.1) is 34.2 Å². The van der Waals surface area contributed by atoms with Crippen molar-refractivity contribution in [3.8, 4) is 17.6 Å². The van der Waals surface area contributed by atoms with Crippen LogP contribution in [0.25, 0.3) is 6.08 Å². The van der Waals surface area contributed by atoms with Crippen LogP contribution in [0.5, 0.6) is 11.5 Å². The van der Waals surface area contributed by atoms with Crippen LogP contribution < -0.4 is 9.47 Å². The van der Waals surface area contributed by atoms with Gasteiger partial charge in [0.2, 0.25) is 0 Å². The fourth-order valence-corrected chi connectivity index (χ4v) is 5.21. The van der Waals surface area contributed by atoms with Gasteiger partial charge >= 0.3 is 0 Å². The predicted octanol–water partition coefficient (Wildman–Crippen LogP) is 7.30. The van der Waals surface area contributed by atoms with E-state index in [9.17, 15) is 14.9 Å². The van der Waals surface area contributed by atoms with Crippen LogP contribution >= 0.6 is 43.6 Å². The minimum atomic E-state index is -0.401. The monoisotopic (exact) mass is 626 g/mol. The van der Waals surface area contributed by atoms with E-state index in [-0.39, 0.29) is 11.8 Å². The van der Waals surface area contributed by atoms with Gasteiger partial charge in [0.1, 0.15) is 6.61 Å². The van der Waals surface area contributed by atoms with E-state index in [0.29, 0.717) is 50.8 Å². The van der Waals surface area contributed by atoms with E-state index in [0.717, 1.165) is 26.7 Å². The molecule has 1 saturated heterocycles. The number of halogens is 2. The highest BCUT2D eigenvalue weighted by molar-refractivity contribution is 9.10. The van der Waals surface area contributed by atoms with Gasteiger partial charge in [0.25, 0.3) is 11.1 Å². The second kappa shape index (κ2) is 11.8. The van der Waals surface area contributed by atoms with Gasteiger partial charge < -0.3 is 9.47 Å². The lowest BCUT2D eigenvalue weighted by atomic mass is 10.1. The molecule has 36 heavy (non-hydrogen) atoms. The number of nitrogens with zero attached hydrogens (tertiary/aromatic N) is 2. The molecule has 1 heterocycles. The Balaban J connectivity index is 1.56. The van der Waals surface area contributed by atoms with Crippen LogP contribution in [-0.4, -0.2) is 22.7 Å². The first-order chi connectivity index (χ1) is 17.4. The third kappa shape index (κ3) is 6.01. The number of nitriles is 1. The number of hydrogen-bond donors (Lipinski definition) is 0. The molecule has 0 unspecified atom stereocenters. The third-order valence-corrected chi connectivity index (χ3v) is 7.29. The molecule has 1 aliphatic rings. The van der Waals surface area contributed by atoms with Crippen molar-refractivity contribution in [3.63, 3.8) is 0 Å².